The number of anilines is 1. The van der Waals surface area contributed by atoms with E-state index in [1.165, 1.54) is 10.6 Å². The fraction of sp³-hybridized carbons (Fsp3) is 0.250. The Morgan fingerprint density at radius 3 is 2.52 bits per heavy atom. The second-order valence-electron chi connectivity index (χ2n) is 6.89. The van der Waals surface area contributed by atoms with E-state index in [2.05, 4.69) is 15.4 Å². The predicted octanol–water partition coefficient (Wildman–Crippen LogP) is 2.31. The molecule has 0 radical (unpaired) electrons. The first-order valence-corrected chi connectivity index (χ1v) is 10.8. The van der Waals surface area contributed by atoms with Crippen molar-refractivity contribution in [2.24, 2.45) is 5.92 Å². The maximum atomic E-state index is 12.8. The number of carbonyl (C=O) groups is 1. The van der Waals surface area contributed by atoms with Gasteiger partial charge in [0.15, 0.2) is 0 Å². The van der Waals surface area contributed by atoms with E-state index in [0.29, 0.717) is 25.1 Å². The lowest BCUT2D eigenvalue weighted by Crippen LogP contribution is -2.43. The summed E-state index contributed by atoms with van der Waals surface area (Å²) in [5.41, 5.74) is 1.49. The largest absolute Gasteiger partial charge is 0.326 e. The number of piperidine rings is 1. The molecular formula is C20H21N5O3S. The molecule has 2 aromatic carbocycles. The maximum absolute atomic E-state index is 12.8. The highest BCUT2D eigenvalue weighted by Gasteiger charge is 2.33. The molecule has 1 fully saturated rings. The molecular weight excluding hydrogens is 390 g/mol. The van der Waals surface area contributed by atoms with Crippen LogP contribution in [-0.2, 0) is 14.8 Å². The first-order chi connectivity index (χ1) is 14.0. The average molecular weight is 411 g/mol. The Bertz CT molecular complexity index is 1070. The second-order valence-corrected chi connectivity index (χ2v) is 8.83. The van der Waals surface area contributed by atoms with Gasteiger partial charge < -0.3 is 5.32 Å². The zero-order valence-corrected chi connectivity index (χ0v) is 16.5. The molecule has 0 bridgehead atoms. The van der Waals surface area contributed by atoms with Gasteiger partial charge in [0, 0.05) is 18.8 Å². The van der Waals surface area contributed by atoms with Crippen molar-refractivity contribution < 1.29 is 13.2 Å². The number of sulfonamides is 1. The third-order valence-corrected chi connectivity index (χ3v) is 6.83. The van der Waals surface area contributed by atoms with Crippen LogP contribution in [0.15, 0.2) is 72.1 Å². The number of rotatable bonds is 5. The van der Waals surface area contributed by atoms with Crippen LogP contribution < -0.4 is 5.32 Å². The summed E-state index contributed by atoms with van der Waals surface area (Å²) in [6.07, 6.45) is 4.35. The number of benzene rings is 2. The Balaban J connectivity index is 1.42. The highest BCUT2D eigenvalue weighted by Crippen LogP contribution is 2.25. The van der Waals surface area contributed by atoms with E-state index in [1.807, 2.05) is 12.1 Å². The highest BCUT2D eigenvalue weighted by molar-refractivity contribution is 7.89. The third-order valence-electron chi connectivity index (χ3n) is 4.95. The number of carbonyl (C=O) groups excluding carboxylic acids is 1. The number of nitrogens with zero attached hydrogens (tertiary/aromatic N) is 4. The molecule has 1 saturated heterocycles. The van der Waals surface area contributed by atoms with Gasteiger partial charge in [-0.1, -0.05) is 18.2 Å². The molecule has 0 spiro atoms. The van der Waals surface area contributed by atoms with Gasteiger partial charge in [0.1, 0.15) is 12.7 Å². The second kappa shape index (κ2) is 8.14. The van der Waals surface area contributed by atoms with Crippen molar-refractivity contribution in [3.05, 3.63) is 67.3 Å². The number of aromatic nitrogens is 3. The Morgan fingerprint density at radius 2 is 1.83 bits per heavy atom. The van der Waals surface area contributed by atoms with Crippen LogP contribution in [0.3, 0.4) is 0 Å². The molecule has 1 amide bonds. The van der Waals surface area contributed by atoms with E-state index in [-0.39, 0.29) is 17.3 Å². The maximum Gasteiger partial charge on any atom is 0.243 e. The summed E-state index contributed by atoms with van der Waals surface area (Å²) < 4.78 is 28.7. The lowest BCUT2D eigenvalue weighted by Gasteiger charge is -2.31. The van der Waals surface area contributed by atoms with E-state index in [9.17, 15) is 13.2 Å². The summed E-state index contributed by atoms with van der Waals surface area (Å²) >= 11 is 0. The summed E-state index contributed by atoms with van der Waals surface area (Å²) in [6.45, 7) is 0.605. The van der Waals surface area contributed by atoms with Gasteiger partial charge in [0.25, 0.3) is 0 Å². The van der Waals surface area contributed by atoms with Crippen molar-refractivity contribution in [1.82, 2.24) is 19.1 Å². The van der Waals surface area contributed by atoms with Crippen molar-refractivity contribution in [3.63, 3.8) is 0 Å². The molecule has 4 rings (SSSR count). The summed E-state index contributed by atoms with van der Waals surface area (Å²) in [7, 11) is -3.59. The van der Waals surface area contributed by atoms with E-state index in [4.69, 9.17) is 0 Å². The summed E-state index contributed by atoms with van der Waals surface area (Å²) in [5.74, 6) is -0.566. The molecule has 3 aromatic rings. The Hall–Kier alpha value is -3.04. The van der Waals surface area contributed by atoms with E-state index >= 15 is 0 Å². The normalized spacial score (nSPS) is 17.7. The third kappa shape index (κ3) is 4.20. The zero-order chi connectivity index (χ0) is 20.3. The fourth-order valence-corrected chi connectivity index (χ4v) is 4.94. The molecule has 1 aliphatic rings. The molecule has 150 valence electrons. The molecule has 0 saturated carbocycles. The van der Waals surface area contributed by atoms with Gasteiger partial charge in [0.2, 0.25) is 15.9 Å². The molecule has 29 heavy (non-hydrogen) atoms. The fourth-order valence-electron chi connectivity index (χ4n) is 3.40. The molecule has 1 atom stereocenters. The predicted molar refractivity (Wildman–Crippen MR) is 108 cm³/mol. The van der Waals surface area contributed by atoms with Crippen LogP contribution in [0.1, 0.15) is 12.8 Å². The van der Waals surface area contributed by atoms with Crippen molar-refractivity contribution in [2.45, 2.75) is 17.7 Å². The van der Waals surface area contributed by atoms with Gasteiger partial charge in [-0.25, -0.2) is 18.1 Å². The molecule has 1 unspecified atom stereocenters. The number of hydrogen-bond acceptors (Lipinski definition) is 5. The minimum Gasteiger partial charge on any atom is -0.326 e. The Kier molecular flexibility index (Phi) is 5.41. The molecule has 2 heterocycles. The topological polar surface area (TPSA) is 97.2 Å². The molecule has 0 aliphatic carbocycles. The van der Waals surface area contributed by atoms with Crippen molar-refractivity contribution in [3.8, 4) is 5.69 Å². The van der Waals surface area contributed by atoms with Gasteiger partial charge in [-0.2, -0.15) is 9.40 Å². The van der Waals surface area contributed by atoms with Crippen LogP contribution in [-0.4, -0.2) is 46.5 Å². The van der Waals surface area contributed by atoms with Gasteiger partial charge in [-0.15, -0.1) is 0 Å². The van der Waals surface area contributed by atoms with Crippen LogP contribution in [0.5, 0.6) is 0 Å². The zero-order valence-electron chi connectivity index (χ0n) is 15.7. The van der Waals surface area contributed by atoms with Crippen LogP contribution >= 0.6 is 0 Å². The lowest BCUT2D eigenvalue weighted by atomic mass is 9.98. The lowest BCUT2D eigenvalue weighted by molar-refractivity contribution is -0.120. The molecule has 1 aromatic heterocycles. The van der Waals surface area contributed by atoms with Gasteiger partial charge in [-0.3, -0.25) is 4.79 Å². The first-order valence-electron chi connectivity index (χ1n) is 9.35. The van der Waals surface area contributed by atoms with Crippen molar-refractivity contribution >= 4 is 21.6 Å². The minimum absolute atomic E-state index is 0.175. The molecule has 1 N–H and O–H groups in total. The monoisotopic (exact) mass is 411 g/mol. The van der Waals surface area contributed by atoms with Crippen LogP contribution in [0, 0.1) is 5.92 Å². The van der Waals surface area contributed by atoms with Crippen molar-refractivity contribution in [1.29, 1.82) is 0 Å². The average Bonchev–Trinajstić information content (AvgIpc) is 3.30. The number of nitrogens with one attached hydrogen (secondary N) is 1. The van der Waals surface area contributed by atoms with E-state index in [0.717, 1.165) is 5.69 Å². The SMILES string of the molecule is O=C(Nc1ccc(-n2cncn2)cc1)C1CCCN(S(=O)(=O)c2ccccc2)C1. The summed E-state index contributed by atoms with van der Waals surface area (Å²) in [6, 6.07) is 15.6. The summed E-state index contributed by atoms with van der Waals surface area (Å²) in [4.78, 5) is 16.9. The molecule has 8 nitrogen and oxygen atoms in total. The van der Waals surface area contributed by atoms with Crippen LogP contribution in [0.25, 0.3) is 5.69 Å². The smallest absolute Gasteiger partial charge is 0.243 e. The molecule has 1 aliphatic heterocycles. The number of amides is 1. The van der Waals surface area contributed by atoms with Crippen LogP contribution in [0.2, 0.25) is 0 Å². The standard InChI is InChI=1S/C20H21N5O3S/c26-20(23-17-8-10-18(11-9-17)25-15-21-14-22-25)16-5-4-12-24(13-16)29(27,28)19-6-2-1-3-7-19/h1-3,6-11,14-16H,4-5,12-13H2,(H,23,26). The van der Waals surface area contributed by atoms with Gasteiger partial charge in [0.05, 0.1) is 16.5 Å². The van der Waals surface area contributed by atoms with E-state index in [1.54, 1.807) is 53.5 Å². The molecule has 9 heteroatoms. The minimum atomic E-state index is -3.59. The summed E-state index contributed by atoms with van der Waals surface area (Å²) in [5, 5.41) is 6.95. The van der Waals surface area contributed by atoms with Crippen LogP contribution in [0.4, 0.5) is 5.69 Å². The number of hydrogen-bond donors (Lipinski definition) is 1. The highest BCUT2D eigenvalue weighted by atomic mass is 32.2. The van der Waals surface area contributed by atoms with Crippen molar-refractivity contribution in [2.75, 3.05) is 18.4 Å². The Morgan fingerprint density at radius 1 is 1.07 bits per heavy atom. The van der Waals surface area contributed by atoms with E-state index < -0.39 is 15.9 Å². The van der Waals surface area contributed by atoms with Gasteiger partial charge in [-0.05, 0) is 49.2 Å². The quantitative estimate of drug-likeness (QED) is 0.695. The Labute approximate surface area is 169 Å². The van der Waals surface area contributed by atoms with Gasteiger partial charge >= 0.3 is 0 Å². The first kappa shape index (κ1) is 19.3.